The summed E-state index contributed by atoms with van der Waals surface area (Å²) < 4.78 is 25.8. The first-order chi connectivity index (χ1) is 10.7. The summed E-state index contributed by atoms with van der Waals surface area (Å²) in [6, 6.07) is 6.76. The van der Waals surface area contributed by atoms with Crippen LogP contribution in [0, 0.1) is 0 Å². The lowest BCUT2D eigenvalue weighted by atomic mass is 10.2. The van der Waals surface area contributed by atoms with Crippen LogP contribution in [0.1, 0.15) is 19.4 Å². The van der Waals surface area contributed by atoms with Gasteiger partial charge >= 0.3 is 0 Å². The van der Waals surface area contributed by atoms with Crippen molar-refractivity contribution in [2.45, 2.75) is 30.0 Å². The Kier molecular flexibility index (Phi) is 10.2. The normalized spacial score (nSPS) is 12.5. The summed E-state index contributed by atoms with van der Waals surface area (Å²) >= 11 is 1.79. The van der Waals surface area contributed by atoms with Gasteiger partial charge in [-0.25, -0.2) is 13.1 Å². The van der Waals surface area contributed by atoms with Gasteiger partial charge in [-0.15, -0.1) is 24.0 Å². The van der Waals surface area contributed by atoms with Crippen LogP contribution >= 0.6 is 35.7 Å². The maximum absolute atomic E-state index is 11.7. The van der Waals surface area contributed by atoms with Gasteiger partial charge in [0, 0.05) is 24.9 Å². The number of sulfonamides is 1. The van der Waals surface area contributed by atoms with Gasteiger partial charge in [-0.3, -0.25) is 4.99 Å². The van der Waals surface area contributed by atoms with Gasteiger partial charge in [-0.05, 0) is 44.8 Å². The van der Waals surface area contributed by atoms with Crippen LogP contribution in [-0.2, 0) is 16.6 Å². The molecule has 0 spiro atoms. The van der Waals surface area contributed by atoms with Crippen LogP contribution < -0.4 is 15.4 Å². The number of hydrogen-bond donors (Lipinski definition) is 3. The molecule has 1 aromatic rings. The zero-order valence-corrected chi connectivity index (χ0v) is 18.7. The molecule has 1 aromatic carbocycles. The number of nitrogens with zero attached hydrogens (tertiary/aromatic N) is 1. The van der Waals surface area contributed by atoms with E-state index in [9.17, 15) is 8.42 Å². The van der Waals surface area contributed by atoms with Crippen LogP contribution in [0.4, 0.5) is 0 Å². The number of benzene rings is 1. The van der Waals surface area contributed by atoms with E-state index in [0.717, 1.165) is 18.1 Å². The molecule has 0 amide bonds. The molecule has 0 bridgehead atoms. The predicted molar refractivity (Wildman–Crippen MR) is 114 cm³/mol. The highest BCUT2D eigenvalue weighted by Gasteiger charge is 2.16. The highest BCUT2D eigenvalue weighted by Crippen LogP contribution is 2.19. The van der Waals surface area contributed by atoms with Crippen LogP contribution in [-0.4, -0.2) is 46.0 Å². The van der Waals surface area contributed by atoms with Gasteiger partial charge in [0.1, 0.15) is 0 Å². The molecule has 6 nitrogen and oxygen atoms in total. The van der Waals surface area contributed by atoms with E-state index in [2.05, 4.69) is 40.5 Å². The number of hydrogen-bond acceptors (Lipinski definition) is 4. The van der Waals surface area contributed by atoms with Crippen molar-refractivity contribution < 1.29 is 8.42 Å². The molecule has 138 valence electrons. The molecular weight excluding hydrogens is 459 g/mol. The Morgan fingerprint density at radius 2 is 1.79 bits per heavy atom. The molecule has 0 heterocycles. The van der Waals surface area contributed by atoms with Crippen LogP contribution in [0.2, 0.25) is 0 Å². The van der Waals surface area contributed by atoms with Crippen molar-refractivity contribution in [2.75, 3.05) is 26.9 Å². The lowest BCUT2D eigenvalue weighted by molar-refractivity contribution is 0.588. The summed E-state index contributed by atoms with van der Waals surface area (Å²) in [6.07, 6.45) is 2.08. The standard InChI is InChI=1S/C15H26N4O2S2.HI/c1-15(2,22-5)11-19-14(16-3)18-10-12-6-8-13(9-7-12)23(20,21)17-4;/h6-9,17H,10-11H2,1-5H3,(H2,16,18,19);1H. The van der Waals surface area contributed by atoms with Gasteiger partial charge in [0.2, 0.25) is 10.0 Å². The molecular formula is C15H27IN4O2S2. The molecule has 0 unspecified atom stereocenters. The molecule has 0 atom stereocenters. The number of halogens is 1. The summed E-state index contributed by atoms with van der Waals surface area (Å²) in [5.74, 6) is 0.721. The van der Waals surface area contributed by atoms with E-state index in [0.29, 0.717) is 6.54 Å². The molecule has 0 saturated heterocycles. The second-order valence-electron chi connectivity index (χ2n) is 5.59. The number of guanidine groups is 1. The minimum absolute atomic E-state index is 0. The van der Waals surface area contributed by atoms with E-state index in [1.54, 1.807) is 43.1 Å². The van der Waals surface area contributed by atoms with Gasteiger partial charge < -0.3 is 10.6 Å². The summed E-state index contributed by atoms with van der Waals surface area (Å²) in [6.45, 7) is 5.70. The van der Waals surface area contributed by atoms with Crippen LogP contribution in [0.15, 0.2) is 34.2 Å². The van der Waals surface area contributed by atoms with Crippen LogP contribution in [0.5, 0.6) is 0 Å². The Labute approximate surface area is 166 Å². The number of nitrogens with one attached hydrogen (secondary N) is 3. The lowest BCUT2D eigenvalue weighted by Gasteiger charge is -2.23. The van der Waals surface area contributed by atoms with Crippen molar-refractivity contribution in [2.24, 2.45) is 4.99 Å². The van der Waals surface area contributed by atoms with Crippen molar-refractivity contribution in [3.05, 3.63) is 29.8 Å². The van der Waals surface area contributed by atoms with Gasteiger partial charge in [-0.2, -0.15) is 11.8 Å². The van der Waals surface area contributed by atoms with Gasteiger partial charge in [0.25, 0.3) is 0 Å². The van der Waals surface area contributed by atoms with E-state index >= 15 is 0 Å². The first-order valence-electron chi connectivity index (χ1n) is 7.26. The van der Waals surface area contributed by atoms with Crippen molar-refractivity contribution in [1.82, 2.24) is 15.4 Å². The molecule has 0 aliphatic carbocycles. The van der Waals surface area contributed by atoms with E-state index < -0.39 is 10.0 Å². The highest BCUT2D eigenvalue weighted by molar-refractivity contribution is 14.0. The number of thioether (sulfide) groups is 1. The second-order valence-corrected chi connectivity index (χ2v) is 8.99. The maximum Gasteiger partial charge on any atom is 0.240 e. The molecule has 0 aromatic heterocycles. The van der Waals surface area contributed by atoms with E-state index in [-0.39, 0.29) is 33.6 Å². The summed E-state index contributed by atoms with van der Waals surface area (Å²) in [5, 5.41) is 6.51. The zero-order chi connectivity index (χ0) is 17.5. The quantitative estimate of drug-likeness (QED) is 0.312. The predicted octanol–water partition coefficient (Wildman–Crippen LogP) is 2.02. The smallest absolute Gasteiger partial charge is 0.240 e. The topological polar surface area (TPSA) is 82.6 Å². The average Bonchev–Trinajstić information content (AvgIpc) is 2.55. The van der Waals surface area contributed by atoms with Gasteiger partial charge in [0.15, 0.2) is 5.96 Å². The third kappa shape index (κ3) is 7.58. The fraction of sp³-hybridized carbons (Fsp3) is 0.533. The molecule has 24 heavy (non-hydrogen) atoms. The summed E-state index contributed by atoms with van der Waals surface area (Å²) in [7, 11) is -0.262. The second kappa shape index (κ2) is 10.5. The van der Waals surface area contributed by atoms with E-state index in [4.69, 9.17) is 0 Å². The Morgan fingerprint density at radius 1 is 1.21 bits per heavy atom. The first kappa shape index (κ1) is 23.5. The minimum atomic E-state index is -3.39. The number of aliphatic imine (C=N–C) groups is 1. The SMILES string of the molecule is CN=C(NCc1ccc(S(=O)(=O)NC)cc1)NCC(C)(C)SC.I. The van der Waals surface area contributed by atoms with Gasteiger partial charge in [-0.1, -0.05) is 12.1 Å². The minimum Gasteiger partial charge on any atom is -0.355 e. The van der Waals surface area contributed by atoms with E-state index in [1.807, 2.05) is 0 Å². The van der Waals surface area contributed by atoms with Crippen molar-refractivity contribution >= 4 is 51.7 Å². The van der Waals surface area contributed by atoms with Crippen LogP contribution in [0.25, 0.3) is 0 Å². The third-order valence-corrected chi connectivity index (χ3v) is 6.10. The third-order valence-electron chi connectivity index (χ3n) is 3.42. The summed E-state index contributed by atoms with van der Waals surface area (Å²) in [5.41, 5.74) is 0.979. The zero-order valence-electron chi connectivity index (χ0n) is 14.7. The molecule has 0 radical (unpaired) electrons. The highest BCUT2D eigenvalue weighted by atomic mass is 127. The Hall–Kier alpha value is -0.520. The average molecular weight is 486 g/mol. The molecule has 0 aliphatic heterocycles. The summed E-state index contributed by atoms with van der Waals surface area (Å²) in [4.78, 5) is 4.45. The molecule has 9 heteroatoms. The lowest BCUT2D eigenvalue weighted by Crippen LogP contribution is -2.42. The monoisotopic (exact) mass is 486 g/mol. The van der Waals surface area contributed by atoms with Crippen LogP contribution in [0.3, 0.4) is 0 Å². The molecule has 0 saturated carbocycles. The first-order valence-corrected chi connectivity index (χ1v) is 9.97. The van der Waals surface area contributed by atoms with Crippen molar-refractivity contribution in [3.63, 3.8) is 0 Å². The number of rotatable bonds is 7. The maximum atomic E-state index is 11.7. The molecule has 0 aliphatic rings. The molecule has 0 fully saturated rings. The van der Waals surface area contributed by atoms with Crippen molar-refractivity contribution in [1.29, 1.82) is 0 Å². The Bertz CT molecular complexity index is 631. The Balaban J connectivity index is 0.00000529. The van der Waals surface area contributed by atoms with E-state index in [1.165, 1.54) is 7.05 Å². The fourth-order valence-corrected chi connectivity index (χ4v) is 2.63. The molecule has 3 N–H and O–H groups in total. The van der Waals surface area contributed by atoms with Crippen molar-refractivity contribution in [3.8, 4) is 0 Å². The molecule has 1 rings (SSSR count). The van der Waals surface area contributed by atoms with Gasteiger partial charge in [0.05, 0.1) is 4.90 Å². The largest absolute Gasteiger partial charge is 0.355 e. The fourth-order valence-electron chi connectivity index (χ4n) is 1.68. The Morgan fingerprint density at radius 3 is 2.25 bits per heavy atom.